The molecule has 122 valence electrons. The standard InChI is InChI=1S/C16H19ClN4O2/c1-10-14(6-5-12(9-18)16(10)17)20-7-3-4-13(20)8-15(23)21(19)11(2)22/h5-6,13H,3-4,7-8,19H2,1-2H3. The van der Waals surface area contributed by atoms with Crippen molar-refractivity contribution in [3.05, 3.63) is 28.3 Å². The molecule has 0 radical (unpaired) electrons. The van der Waals surface area contributed by atoms with Gasteiger partial charge in [-0.1, -0.05) is 11.6 Å². The number of rotatable bonds is 3. The van der Waals surface area contributed by atoms with Gasteiger partial charge in [0.2, 0.25) is 11.8 Å². The van der Waals surface area contributed by atoms with E-state index in [-0.39, 0.29) is 12.5 Å². The number of carbonyl (C=O) groups is 2. The van der Waals surface area contributed by atoms with Crippen LogP contribution in [0.3, 0.4) is 0 Å². The number of hydrogen-bond acceptors (Lipinski definition) is 5. The van der Waals surface area contributed by atoms with E-state index in [1.165, 1.54) is 6.92 Å². The minimum Gasteiger partial charge on any atom is -0.368 e. The summed E-state index contributed by atoms with van der Waals surface area (Å²) >= 11 is 6.23. The van der Waals surface area contributed by atoms with Gasteiger partial charge in [-0.25, -0.2) is 10.9 Å². The molecule has 0 aliphatic carbocycles. The van der Waals surface area contributed by atoms with Crippen molar-refractivity contribution >= 4 is 29.1 Å². The molecule has 1 atom stereocenters. The van der Waals surface area contributed by atoms with Gasteiger partial charge in [-0.3, -0.25) is 9.59 Å². The third-order valence-corrected chi connectivity index (χ3v) is 4.67. The summed E-state index contributed by atoms with van der Waals surface area (Å²) in [7, 11) is 0. The molecular weight excluding hydrogens is 316 g/mol. The van der Waals surface area contributed by atoms with Crippen molar-refractivity contribution in [2.24, 2.45) is 5.84 Å². The first-order chi connectivity index (χ1) is 10.9. The van der Waals surface area contributed by atoms with Gasteiger partial charge >= 0.3 is 0 Å². The number of carbonyl (C=O) groups excluding carboxylic acids is 2. The molecule has 2 N–H and O–H groups in total. The molecule has 1 aliphatic rings. The number of halogens is 1. The number of imide groups is 1. The van der Waals surface area contributed by atoms with Crippen LogP contribution in [-0.2, 0) is 9.59 Å². The highest BCUT2D eigenvalue weighted by Gasteiger charge is 2.30. The summed E-state index contributed by atoms with van der Waals surface area (Å²) in [4.78, 5) is 25.4. The molecule has 6 nitrogen and oxygen atoms in total. The van der Waals surface area contributed by atoms with Crippen molar-refractivity contribution in [1.29, 1.82) is 5.26 Å². The topological polar surface area (TPSA) is 90.4 Å². The molecule has 0 spiro atoms. The van der Waals surface area contributed by atoms with E-state index in [9.17, 15) is 9.59 Å². The smallest absolute Gasteiger partial charge is 0.245 e. The molecule has 0 bridgehead atoms. The van der Waals surface area contributed by atoms with E-state index in [0.29, 0.717) is 15.6 Å². The molecule has 1 saturated heterocycles. The maximum Gasteiger partial charge on any atom is 0.245 e. The van der Waals surface area contributed by atoms with Gasteiger partial charge in [0.05, 0.1) is 10.6 Å². The van der Waals surface area contributed by atoms with Crippen molar-refractivity contribution in [1.82, 2.24) is 5.01 Å². The van der Waals surface area contributed by atoms with Crippen molar-refractivity contribution in [3.8, 4) is 6.07 Å². The molecule has 7 heteroatoms. The van der Waals surface area contributed by atoms with Gasteiger partial charge in [-0.05, 0) is 37.5 Å². The molecule has 2 rings (SSSR count). The summed E-state index contributed by atoms with van der Waals surface area (Å²) in [5.41, 5.74) is 2.17. The number of nitrogens with zero attached hydrogens (tertiary/aromatic N) is 3. The van der Waals surface area contributed by atoms with Crippen molar-refractivity contribution in [2.45, 2.75) is 39.2 Å². The molecule has 0 saturated carbocycles. The average molecular weight is 335 g/mol. The molecule has 1 aliphatic heterocycles. The Morgan fingerprint density at radius 1 is 1.52 bits per heavy atom. The first kappa shape index (κ1) is 17.3. The lowest BCUT2D eigenvalue weighted by molar-refractivity contribution is -0.144. The van der Waals surface area contributed by atoms with Gasteiger partial charge in [0.25, 0.3) is 0 Å². The molecule has 1 unspecified atom stereocenters. The number of hydrazine groups is 1. The molecular formula is C16H19ClN4O2. The zero-order valence-electron chi connectivity index (χ0n) is 13.2. The van der Waals surface area contributed by atoms with Gasteiger partial charge in [-0.15, -0.1) is 0 Å². The summed E-state index contributed by atoms with van der Waals surface area (Å²) < 4.78 is 0. The first-order valence-corrected chi connectivity index (χ1v) is 7.78. The van der Waals surface area contributed by atoms with Gasteiger partial charge in [0, 0.05) is 31.6 Å². The van der Waals surface area contributed by atoms with Crippen LogP contribution in [-0.4, -0.2) is 29.4 Å². The third kappa shape index (κ3) is 3.46. The lowest BCUT2D eigenvalue weighted by Gasteiger charge is -2.29. The number of anilines is 1. The van der Waals surface area contributed by atoms with E-state index < -0.39 is 11.8 Å². The Bertz CT molecular complexity index is 683. The summed E-state index contributed by atoms with van der Waals surface area (Å²) in [6, 6.07) is 5.57. The zero-order chi connectivity index (χ0) is 17.1. The molecule has 0 aromatic heterocycles. The van der Waals surface area contributed by atoms with E-state index in [4.69, 9.17) is 22.7 Å². The van der Waals surface area contributed by atoms with E-state index in [1.54, 1.807) is 6.07 Å². The van der Waals surface area contributed by atoms with E-state index in [0.717, 1.165) is 30.6 Å². The van der Waals surface area contributed by atoms with Crippen LogP contribution >= 0.6 is 11.6 Å². The van der Waals surface area contributed by atoms with Crippen LogP contribution in [0.2, 0.25) is 5.02 Å². The Balaban J connectivity index is 2.23. The van der Waals surface area contributed by atoms with Crippen molar-refractivity contribution in [2.75, 3.05) is 11.4 Å². The highest BCUT2D eigenvalue weighted by molar-refractivity contribution is 6.32. The Morgan fingerprint density at radius 2 is 2.22 bits per heavy atom. The van der Waals surface area contributed by atoms with E-state index in [2.05, 4.69) is 11.0 Å². The predicted octanol–water partition coefficient (Wildman–Crippen LogP) is 2.13. The predicted molar refractivity (Wildman–Crippen MR) is 87.6 cm³/mol. The minimum absolute atomic E-state index is 0.0318. The van der Waals surface area contributed by atoms with Gasteiger partial charge in [0.15, 0.2) is 0 Å². The number of hydrogen-bond donors (Lipinski definition) is 1. The normalized spacial score (nSPS) is 17.0. The second-order valence-electron chi connectivity index (χ2n) is 5.66. The lowest BCUT2D eigenvalue weighted by Crippen LogP contribution is -2.44. The average Bonchev–Trinajstić information content (AvgIpc) is 2.96. The molecule has 23 heavy (non-hydrogen) atoms. The molecule has 1 heterocycles. The number of benzene rings is 1. The largest absolute Gasteiger partial charge is 0.368 e. The van der Waals surface area contributed by atoms with Gasteiger partial charge < -0.3 is 4.90 Å². The van der Waals surface area contributed by atoms with Crippen LogP contribution in [0.25, 0.3) is 0 Å². The van der Waals surface area contributed by atoms with Crippen LogP contribution in [0.1, 0.15) is 37.3 Å². The summed E-state index contributed by atoms with van der Waals surface area (Å²) in [5.74, 6) is 4.60. The van der Waals surface area contributed by atoms with Crippen molar-refractivity contribution in [3.63, 3.8) is 0 Å². The second kappa shape index (κ2) is 6.99. The fraction of sp³-hybridized carbons (Fsp3) is 0.438. The van der Waals surface area contributed by atoms with Gasteiger partial charge in [0.1, 0.15) is 6.07 Å². The van der Waals surface area contributed by atoms with Gasteiger partial charge in [-0.2, -0.15) is 5.26 Å². The number of nitriles is 1. The lowest BCUT2D eigenvalue weighted by atomic mass is 10.1. The zero-order valence-corrected chi connectivity index (χ0v) is 13.9. The molecule has 1 aromatic carbocycles. The maximum atomic E-state index is 12.1. The van der Waals surface area contributed by atoms with Crippen LogP contribution in [0.15, 0.2) is 12.1 Å². The van der Waals surface area contributed by atoms with E-state index >= 15 is 0 Å². The first-order valence-electron chi connectivity index (χ1n) is 7.41. The second-order valence-corrected chi connectivity index (χ2v) is 6.04. The Kier molecular flexibility index (Phi) is 5.24. The van der Waals surface area contributed by atoms with Crippen LogP contribution < -0.4 is 10.7 Å². The third-order valence-electron chi connectivity index (χ3n) is 4.18. The van der Waals surface area contributed by atoms with Crippen LogP contribution in [0.4, 0.5) is 5.69 Å². The number of amides is 2. The van der Waals surface area contributed by atoms with Crippen LogP contribution in [0, 0.1) is 18.3 Å². The summed E-state index contributed by atoms with van der Waals surface area (Å²) in [5, 5.41) is 10.1. The SMILES string of the molecule is CC(=O)N(N)C(=O)CC1CCCN1c1ccc(C#N)c(Cl)c1C. The minimum atomic E-state index is -0.475. The fourth-order valence-electron chi connectivity index (χ4n) is 2.91. The quantitative estimate of drug-likeness (QED) is 0.519. The Hall–Kier alpha value is -2.10. The highest BCUT2D eigenvalue weighted by atomic mass is 35.5. The van der Waals surface area contributed by atoms with E-state index in [1.807, 2.05) is 13.0 Å². The Labute approximate surface area is 140 Å². The van der Waals surface area contributed by atoms with Crippen molar-refractivity contribution < 1.29 is 9.59 Å². The maximum absolute atomic E-state index is 12.1. The Morgan fingerprint density at radius 3 is 2.83 bits per heavy atom. The molecule has 1 aromatic rings. The summed E-state index contributed by atoms with van der Waals surface area (Å²) in [6.45, 7) is 3.92. The van der Waals surface area contributed by atoms with Crippen LogP contribution in [0.5, 0.6) is 0 Å². The highest BCUT2D eigenvalue weighted by Crippen LogP contribution is 2.34. The number of nitrogens with two attached hydrogens (primary N) is 1. The molecule has 2 amide bonds. The molecule has 1 fully saturated rings. The summed E-state index contributed by atoms with van der Waals surface area (Å²) in [6.07, 6.45) is 1.96. The monoisotopic (exact) mass is 334 g/mol. The fourth-order valence-corrected chi connectivity index (χ4v) is 3.12.